The van der Waals surface area contributed by atoms with Gasteiger partial charge in [0.25, 0.3) is 5.91 Å². The summed E-state index contributed by atoms with van der Waals surface area (Å²) in [6.45, 7) is 0. The van der Waals surface area contributed by atoms with Crippen molar-refractivity contribution in [1.82, 2.24) is 5.48 Å². The Balaban J connectivity index is 2.16. The molecular weight excluding hydrogens is 185 g/mol. The number of benzene rings is 1. The van der Waals surface area contributed by atoms with Crippen LogP contribution in [-0.4, -0.2) is 16.8 Å². The molecule has 1 saturated carbocycles. The van der Waals surface area contributed by atoms with Gasteiger partial charge >= 0.3 is 0 Å². The second-order valence-electron chi connectivity index (χ2n) is 3.47. The Morgan fingerprint density at radius 2 is 2.14 bits per heavy atom. The van der Waals surface area contributed by atoms with Crippen molar-refractivity contribution in [2.45, 2.75) is 18.0 Å². The minimum Gasteiger partial charge on any atom is -0.289 e. The van der Waals surface area contributed by atoms with Crippen molar-refractivity contribution in [2.24, 2.45) is 0 Å². The molecule has 1 aliphatic carbocycles. The topological polar surface area (TPSA) is 49.3 Å². The molecule has 1 aliphatic rings. The van der Waals surface area contributed by atoms with E-state index in [0.717, 1.165) is 5.56 Å². The molecule has 0 bridgehead atoms. The highest BCUT2D eigenvalue weighted by Crippen LogP contribution is 2.54. The maximum Gasteiger partial charge on any atom is 0.281 e. The van der Waals surface area contributed by atoms with E-state index in [0.29, 0.717) is 0 Å². The Morgan fingerprint density at radius 3 is 2.71 bits per heavy atom. The minimum atomic E-state index is -1.92. The van der Waals surface area contributed by atoms with Gasteiger partial charge in [0.05, 0.1) is 0 Å². The van der Waals surface area contributed by atoms with Gasteiger partial charge in [-0.05, 0) is 5.56 Å². The average molecular weight is 195 g/mol. The van der Waals surface area contributed by atoms with E-state index >= 15 is 0 Å². The van der Waals surface area contributed by atoms with Gasteiger partial charge in [0.15, 0.2) is 5.67 Å². The fraction of sp³-hybridized carbons (Fsp3) is 0.300. The summed E-state index contributed by atoms with van der Waals surface area (Å²) in [6, 6.07) is 8.97. The highest BCUT2D eigenvalue weighted by Gasteiger charge is 2.62. The maximum absolute atomic E-state index is 13.7. The summed E-state index contributed by atoms with van der Waals surface area (Å²) in [7, 11) is 0. The summed E-state index contributed by atoms with van der Waals surface area (Å²) in [5.41, 5.74) is 0.223. The molecule has 1 unspecified atom stereocenters. The monoisotopic (exact) mass is 195 g/mol. The van der Waals surface area contributed by atoms with Crippen LogP contribution in [0.25, 0.3) is 0 Å². The molecule has 1 aromatic carbocycles. The fourth-order valence-electron chi connectivity index (χ4n) is 1.65. The van der Waals surface area contributed by atoms with Crippen molar-refractivity contribution in [2.75, 3.05) is 0 Å². The normalized spacial score (nSPS) is 29.7. The molecule has 0 saturated heterocycles. The first-order valence-corrected chi connectivity index (χ1v) is 4.37. The van der Waals surface area contributed by atoms with Crippen molar-refractivity contribution in [1.29, 1.82) is 0 Å². The molecule has 1 fully saturated rings. The van der Waals surface area contributed by atoms with Crippen molar-refractivity contribution < 1.29 is 14.4 Å². The van der Waals surface area contributed by atoms with E-state index in [9.17, 15) is 9.18 Å². The van der Waals surface area contributed by atoms with Crippen molar-refractivity contribution in [3.63, 3.8) is 0 Å². The first kappa shape index (κ1) is 9.15. The quantitative estimate of drug-likeness (QED) is 0.553. The van der Waals surface area contributed by atoms with E-state index in [4.69, 9.17) is 5.21 Å². The first-order valence-electron chi connectivity index (χ1n) is 4.37. The zero-order valence-corrected chi connectivity index (χ0v) is 7.40. The lowest BCUT2D eigenvalue weighted by Gasteiger charge is -2.04. The maximum atomic E-state index is 13.7. The van der Waals surface area contributed by atoms with E-state index in [2.05, 4.69) is 0 Å². The molecule has 3 nitrogen and oxygen atoms in total. The van der Waals surface area contributed by atoms with Crippen molar-refractivity contribution in [3.05, 3.63) is 35.9 Å². The standard InChI is InChI=1S/C10H10FNO2/c11-10(9(13)12-14)6-8(10)7-4-2-1-3-5-7/h1-5,8,14H,6H2,(H,12,13)/t8-,10?/m1/s1. The average Bonchev–Trinajstić information content (AvgIpc) is 2.92. The Labute approximate surface area is 80.5 Å². The highest BCUT2D eigenvalue weighted by molar-refractivity contribution is 5.89. The molecule has 0 spiro atoms. The van der Waals surface area contributed by atoms with Gasteiger partial charge in [-0.3, -0.25) is 10.0 Å². The van der Waals surface area contributed by atoms with Gasteiger partial charge < -0.3 is 0 Å². The van der Waals surface area contributed by atoms with Gasteiger partial charge in [-0.25, -0.2) is 9.87 Å². The predicted octanol–water partition coefficient (Wildman–Crippen LogP) is 1.39. The molecule has 74 valence electrons. The summed E-state index contributed by atoms with van der Waals surface area (Å²) in [5, 5.41) is 8.34. The third-order valence-electron chi connectivity index (χ3n) is 2.57. The molecule has 0 radical (unpaired) electrons. The lowest BCUT2D eigenvalue weighted by atomic mass is 10.1. The van der Waals surface area contributed by atoms with Crippen LogP contribution in [0.4, 0.5) is 4.39 Å². The molecule has 2 atom stereocenters. The largest absolute Gasteiger partial charge is 0.289 e. The van der Waals surface area contributed by atoms with Gasteiger partial charge in [0.1, 0.15) is 0 Å². The van der Waals surface area contributed by atoms with E-state index < -0.39 is 17.5 Å². The minimum absolute atomic E-state index is 0.142. The molecule has 0 aromatic heterocycles. The SMILES string of the molecule is O=C(NO)C1(F)C[C@@H]1c1ccccc1. The predicted molar refractivity (Wildman–Crippen MR) is 47.6 cm³/mol. The van der Waals surface area contributed by atoms with Gasteiger partial charge in [0.2, 0.25) is 0 Å². The zero-order chi connectivity index (χ0) is 10.2. The number of amides is 1. The second-order valence-corrected chi connectivity index (χ2v) is 3.47. The fourth-order valence-corrected chi connectivity index (χ4v) is 1.65. The van der Waals surface area contributed by atoms with Crippen LogP contribution < -0.4 is 5.48 Å². The van der Waals surface area contributed by atoms with Crippen LogP contribution >= 0.6 is 0 Å². The van der Waals surface area contributed by atoms with Crippen LogP contribution in [0.15, 0.2) is 30.3 Å². The van der Waals surface area contributed by atoms with E-state index in [-0.39, 0.29) is 6.42 Å². The molecule has 2 N–H and O–H groups in total. The molecule has 0 heterocycles. The van der Waals surface area contributed by atoms with Crippen molar-refractivity contribution in [3.8, 4) is 0 Å². The number of rotatable bonds is 2. The third kappa shape index (κ3) is 1.28. The number of halogens is 1. The van der Waals surface area contributed by atoms with Gasteiger partial charge in [-0.15, -0.1) is 0 Å². The van der Waals surface area contributed by atoms with Gasteiger partial charge in [-0.2, -0.15) is 0 Å². The van der Waals surface area contributed by atoms with Crippen molar-refractivity contribution >= 4 is 5.91 Å². The summed E-state index contributed by atoms with van der Waals surface area (Å²) < 4.78 is 13.7. The van der Waals surface area contributed by atoms with E-state index in [1.807, 2.05) is 6.07 Å². The number of hydroxylamine groups is 1. The summed E-state index contributed by atoms with van der Waals surface area (Å²) >= 11 is 0. The lowest BCUT2D eigenvalue weighted by molar-refractivity contribution is -0.136. The summed E-state index contributed by atoms with van der Waals surface area (Å²) in [4.78, 5) is 10.9. The molecule has 0 aliphatic heterocycles. The van der Waals surface area contributed by atoms with Crippen LogP contribution in [0.2, 0.25) is 0 Å². The smallest absolute Gasteiger partial charge is 0.281 e. The number of hydrogen-bond donors (Lipinski definition) is 2. The third-order valence-corrected chi connectivity index (χ3v) is 2.57. The van der Waals surface area contributed by atoms with Crippen LogP contribution in [0.1, 0.15) is 17.9 Å². The molecule has 1 aromatic rings. The summed E-state index contributed by atoms with van der Waals surface area (Å²) in [6.07, 6.45) is 0.142. The Bertz CT molecular complexity index is 354. The molecule has 1 amide bonds. The zero-order valence-electron chi connectivity index (χ0n) is 7.40. The van der Waals surface area contributed by atoms with E-state index in [1.165, 1.54) is 5.48 Å². The first-order chi connectivity index (χ1) is 6.68. The molecule has 14 heavy (non-hydrogen) atoms. The lowest BCUT2D eigenvalue weighted by Crippen LogP contribution is -2.31. The number of carbonyl (C=O) groups excluding carboxylic acids is 1. The number of nitrogens with one attached hydrogen (secondary N) is 1. The Hall–Kier alpha value is -1.42. The summed E-state index contributed by atoms with van der Waals surface area (Å²) in [5.74, 6) is -1.37. The van der Waals surface area contributed by atoms with Crippen LogP contribution in [0, 0.1) is 0 Å². The number of hydrogen-bond acceptors (Lipinski definition) is 2. The number of alkyl halides is 1. The van der Waals surface area contributed by atoms with Crippen LogP contribution in [0.5, 0.6) is 0 Å². The van der Waals surface area contributed by atoms with Crippen LogP contribution in [-0.2, 0) is 4.79 Å². The molecular formula is C10H10FNO2. The molecule has 4 heteroatoms. The van der Waals surface area contributed by atoms with E-state index in [1.54, 1.807) is 24.3 Å². The van der Waals surface area contributed by atoms with Crippen LogP contribution in [0.3, 0.4) is 0 Å². The Morgan fingerprint density at radius 1 is 1.50 bits per heavy atom. The second kappa shape index (κ2) is 3.06. The van der Waals surface area contributed by atoms with Gasteiger partial charge in [-0.1, -0.05) is 30.3 Å². The number of carbonyl (C=O) groups is 1. The molecule has 2 rings (SSSR count). The van der Waals surface area contributed by atoms with Gasteiger partial charge in [0, 0.05) is 12.3 Å². The Kier molecular flexibility index (Phi) is 2.00. The highest BCUT2D eigenvalue weighted by atomic mass is 19.1.